The second-order valence-corrected chi connectivity index (χ2v) is 7.54. The van der Waals surface area contributed by atoms with Gasteiger partial charge >= 0.3 is 5.97 Å². The van der Waals surface area contributed by atoms with Gasteiger partial charge in [0.15, 0.2) is 6.61 Å². The third-order valence-corrected chi connectivity index (χ3v) is 5.46. The Morgan fingerprint density at radius 1 is 1.31 bits per heavy atom. The first-order chi connectivity index (χ1) is 14.0. The van der Waals surface area contributed by atoms with E-state index >= 15 is 0 Å². The molecule has 0 spiro atoms. The van der Waals surface area contributed by atoms with Gasteiger partial charge in [-0.3, -0.25) is 4.79 Å². The summed E-state index contributed by atoms with van der Waals surface area (Å²) in [5.41, 5.74) is 1.59. The molecule has 1 aromatic carbocycles. The Balaban J connectivity index is 1.50. The molecule has 0 radical (unpaired) electrons. The fraction of sp³-hybridized carbons (Fsp3) is 0.190. The number of furan rings is 1. The highest BCUT2D eigenvalue weighted by Gasteiger charge is 2.35. The van der Waals surface area contributed by atoms with E-state index in [1.807, 2.05) is 17.5 Å². The highest BCUT2D eigenvalue weighted by molar-refractivity contribution is 7.12. The number of nitrogens with zero attached hydrogens (tertiary/aromatic N) is 2. The van der Waals surface area contributed by atoms with Crippen molar-refractivity contribution < 1.29 is 23.8 Å². The van der Waals surface area contributed by atoms with Crippen molar-refractivity contribution in [1.29, 1.82) is 0 Å². The van der Waals surface area contributed by atoms with Gasteiger partial charge in [-0.1, -0.05) is 17.7 Å². The van der Waals surface area contributed by atoms with Crippen LogP contribution in [0.3, 0.4) is 0 Å². The summed E-state index contributed by atoms with van der Waals surface area (Å²) < 4.78 is 10.6. The Labute approximate surface area is 170 Å². The van der Waals surface area contributed by atoms with Crippen molar-refractivity contribution in [2.75, 3.05) is 6.61 Å². The number of ether oxygens (including phenoxy) is 1. The molecule has 2 aromatic heterocycles. The zero-order valence-electron chi connectivity index (χ0n) is 15.6. The number of phenols is 1. The van der Waals surface area contributed by atoms with Crippen molar-refractivity contribution in [2.45, 2.75) is 19.4 Å². The average molecular weight is 410 g/mol. The summed E-state index contributed by atoms with van der Waals surface area (Å²) in [6.45, 7) is 1.30. The highest BCUT2D eigenvalue weighted by Crippen LogP contribution is 2.34. The summed E-state index contributed by atoms with van der Waals surface area (Å²) in [4.78, 5) is 26.1. The van der Waals surface area contributed by atoms with E-state index in [-0.39, 0.29) is 11.3 Å². The molecule has 1 aliphatic rings. The summed E-state index contributed by atoms with van der Waals surface area (Å²) in [5.74, 6) is -0.828. The van der Waals surface area contributed by atoms with E-state index in [1.165, 1.54) is 28.5 Å². The smallest absolute Gasteiger partial charge is 0.342 e. The summed E-state index contributed by atoms with van der Waals surface area (Å²) in [6.07, 6.45) is 2.05. The topological polar surface area (TPSA) is 92.3 Å². The standard InChI is InChI=1S/C21H18N2O5S/c1-13-6-7-17(24)14(10-13)21(26)28-12-20(25)23-16(18-4-2-8-27-18)11-15(22-23)19-5-3-9-29-19/h2-10,16,24H,11-12H2,1H3/t16-/m1/s1. The minimum Gasteiger partial charge on any atom is -0.507 e. The second-order valence-electron chi connectivity index (χ2n) is 6.59. The lowest BCUT2D eigenvalue weighted by molar-refractivity contribution is -0.136. The number of benzene rings is 1. The fourth-order valence-electron chi connectivity index (χ4n) is 3.12. The molecule has 1 amide bonds. The van der Waals surface area contributed by atoms with Crippen LogP contribution in [0.1, 0.15) is 39.0 Å². The molecule has 0 saturated heterocycles. The molecule has 0 saturated carbocycles. The summed E-state index contributed by atoms with van der Waals surface area (Å²) in [5, 5.41) is 17.6. The minimum absolute atomic E-state index is 0.0181. The zero-order valence-corrected chi connectivity index (χ0v) is 16.4. The van der Waals surface area contributed by atoms with Gasteiger partial charge < -0.3 is 14.3 Å². The maximum Gasteiger partial charge on any atom is 0.342 e. The predicted octanol–water partition coefficient (Wildman–Crippen LogP) is 3.89. The molecular formula is C21H18N2O5S. The van der Waals surface area contributed by atoms with Crippen molar-refractivity contribution in [3.8, 4) is 5.75 Å². The molecule has 148 valence electrons. The molecule has 3 heterocycles. The van der Waals surface area contributed by atoms with Gasteiger partial charge in [0.1, 0.15) is 23.1 Å². The first-order valence-electron chi connectivity index (χ1n) is 8.96. The Morgan fingerprint density at radius 3 is 2.90 bits per heavy atom. The highest BCUT2D eigenvalue weighted by atomic mass is 32.1. The van der Waals surface area contributed by atoms with Crippen molar-refractivity contribution in [1.82, 2.24) is 5.01 Å². The summed E-state index contributed by atoms with van der Waals surface area (Å²) >= 11 is 1.54. The lowest BCUT2D eigenvalue weighted by atomic mass is 10.1. The Kier molecular flexibility index (Phi) is 5.18. The van der Waals surface area contributed by atoms with E-state index in [0.717, 1.165) is 16.2 Å². The number of rotatable bonds is 5. The molecule has 0 aliphatic carbocycles. The first kappa shape index (κ1) is 18.9. The van der Waals surface area contributed by atoms with Gasteiger partial charge in [-0.2, -0.15) is 5.10 Å². The number of hydrogen-bond acceptors (Lipinski definition) is 7. The molecule has 1 aliphatic heterocycles. The maximum absolute atomic E-state index is 12.8. The molecule has 1 atom stereocenters. The molecule has 0 fully saturated rings. The lowest BCUT2D eigenvalue weighted by Gasteiger charge is -2.19. The van der Waals surface area contributed by atoms with Gasteiger partial charge in [-0.15, -0.1) is 11.3 Å². The number of aromatic hydroxyl groups is 1. The number of thiophene rings is 1. The number of amides is 1. The van der Waals surface area contributed by atoms with E-state index in [0.29, 0.717) is 12.2 Å². The van der Waals surface area contributed by atoms with Gasteiger partial charge in [-0.05, 0) is 42.6 Å². The number of hydrazone groups is 1. The summed E-state index contributed by atoms with van der Waals surface area (Å²) in [7, 11) is 0. The Hall–Kier alpha value is -3.39. The van der Waals surface area contributed by atoms with E-state index in [1.54, 1.807) is 31.4 Å². The van der Waals surface area contributed by atoms with Crippen LogP contribution < -0.4 is 0 Å². The second kappa shape index (κ2) is 7.92. The van der Waals surface area contributed by atoms with Gasteiger partial charge in [0.2, 0.25) is 0 Å². The Morgan fingerprint density at radius 2 is 2.17 bits per heavy atom. The number of hydrogen-bond donors (Lipinski definition) is 1. The van der Waals surface area contributed by atoms with Crippen molar-refractivity contribution >= 4 is 28.9 Å². The van der Waals surface area contributed by atoms with Crippen LogP contribution in [0.25, 0.3) is 0 Å². The van der Waals surface area contributed by atoms with Crippen LogP contribution in [0.2, 0.25) is 0 Å². The van der Waals surface area contributed by atoms with Crippen LogP contribution >= 0.6 is 11.3 Å². The lowest BCUT2D eigenvalue weighted by Crippen LogP contribution is -2.31. The number of carbonyl (C=O) groups is 2. The number of aryl methyl sites for hydroxylation is 1. The molecule has 8 heteroatoms. The van der Waals surface area contributed by atoms with Gasteiger partial charge in [0, 0.05) is 6.42 Å². The molecule has 29 heavy (non-hydrogen) atoms. The molecule has 0 unspecified atom stereocenters. The number of esters is 1. The van der Waals surface area contributed by atoms with Crippen molar-refractivity contribution in [3.63, 3.8) is 0 Å². The quantitative estimate of drug-likeness (QED) is 0.644. The van der Waals surface area contributed by atoms with Crippen LogP contribution in [0, 0.1) is 6.92 Å². The largest absolute Gasteiger partial charge is 0.507 e. The molecular weight excluding hydrogens is 392 g/mol. The van der Waals surface area contributed by atoms with E-state index in [2.05, 4.69) is 5.10 Å². The van der Waals surface area contributed by atoms with Crippen LogP contribution in [0.5, 0.6) is 5.75 Å². The third kappa shape index (κ3) is 3.93. The minimum atomic E-state index is -0.768. The number of phenolic OH excluding ortho intramolecular Hbond substituents is 1. The molecule has 0 bridgehead atoms. The van der Waals surface area contributed by atoms with Crippen molar-refractivity contribution in [2.24, 2.45) is 5.10 Å². The first-order valence-corrected chi connectivity index (χ1v) is 9.84. The molecule has 7 nitrogen and oxygen atoms in total. The maximum atomic E-state index is 12.8. The molecule has 4 rings (SSSR count). The van der Waals surface area contributed by atoms with Crippen LogP contribution in [-0.2, 0) is 9.53 Å². The fourth-order valence-corrected chi connectivity index (χ4v) is 3.84. The predicted molar refractivity (Wildman–Crippen MR) is 107 cm³/mol. The van der Waals surface area contributed by atoms with Crippen molar-refractivity contribution in [3.05, 3.63) is 75.9 Å². The van der Waals surface area contributed by atoms with Gasteiger partial charge in [0.05, 0.1) is 16.9 Å². The van der Waals surface area contributed by atoms with Gasteiger partial charge in [0.25, 0.3) is 5.91 Å². The van der Waals surface area contributed by atoms with Crippen LogP contribution in [-0.4, -0.2) is 34.3 Å². The van der Waals surface area contributed by atoms with Crippen LogP contribution in [0.15, 0.2) is 63.6 Å². The monoisotopic (exact) mass is 410 g/mol. The van der Waals surface area contributed by atoms with E-state index < -0.39 is 24.5 Å². The Bertz CT molecular complexity index is 1060. The van der Waals surface area contributed by atoms with E-state index in [4.69, 9.17) is 9.15 Å². The van der Waals surface area contributed by atoms with Crippen LogP contribution in [0.4, 0.5) is 0 Å². The van der Waals surface area contributed by atoms with E-state index in [9.17, 15) is 14.7 Å². The van der Waals surface area contributed by atoms with Gasteiger partial charge in [-0.25, -0.2) is 9.80 Å². The summed E-state index contributed by atoms with van der Waals surface area (Å²) in [6, 6.07) is 11.6. The SMILES string of the molecule is Cc1ccc(O)c(C(=O)OCC(=O)N2N=C(c3cccs3)C[C@@H]2c2ccco2)c1. The number of carbonyl (C=O) groups excluding carboxylic acids is 2. The molecule has 3 aromatic rings. The molecule has 1 N–H and O–H groups in total. The third-order valence-electron chi connectivity index (χ3n) is 4.54. The average Bonchev–Trinajstić information content (AvgIpc) is 3.47. The normalized spacial score (nSPS) is 16.0. The zero-order chi connectivity index (χ0) is 20.4.